The van der Waals surface area contributed by atoms with Gasteiger partial charge in [0.25, 0.3) is 0 Å². The lowest BCUT2D eigenvalue weighted by atomic mass is 9.80. The zero-order chi connectivity index (χ0) is 17.2. The molecule has 5 heteroatoms. The second-order valence-electron chi connectivity index (χ2n) is 6.86. The summed E-state index contributed by atoms with van der Waals surface area (Å²) in [6.45, 7) is 5.09. The molecule has 0 aromatic heterocycles. The van der Waals surface area contributed by atoms with Gasteiger partial charge in [-0.3, -0.25) is 0 Å². The van der Waals surface area contributed by atoms with Crippen LogP contribution >= 0.6 is 0 Å². The van der Waals surface area contributed by atoms with E-state index in [-0.39, 0.29) is 0 Å². The maximum absolute atomic E-state index is 10.4. The number of carbonyl (C=O) groups is 1. The molecule has 2 fully saturated rings. The standard InChI is InChI=1S/C19H32O5/c1-2-3-4-6-11-22-13-15-16(18-10-9-17(15)24-18)14-23-12-7-5-8-19(20)21/h5,8,15-18H,2-4,6-7,9-14H2,1H3,(H,20,21)/t15-,16+,17-,18+/m1/s1. The molecule has 0 saturated carbocycles. The highest BCUT2D eigenvalue weighted by Gasteiger charge is 2.48. The largest absolute Gasteiger partial charge is 0.478 e. The first kappa shape index (κ1) is 19.4. The summed E-state index contributed by atoms with van der Waals surface area (Å²) in [5.74, 6) is -0.0417. The molecule has 4 atom stereocenters. The van der Waals surface area contributed by atoms with Gasteiger partial charge in [-0.05, 0) is 25.7 Å². The van der Waals surface area contributed by atoms with E-state index in [0.717, 1.165) is 32.5 Å². The molecule has 2 aliphatic heterocycles. The average Bonchev–Trinajstić information content (AvgIpc) is 3.15. The van der Waals surface area contributed by atoms with E-state index in [1.807, 2.05) is 0 Å². The van der Waals surface area contributed by atoms with Gasteiger partial charge in [-0.1, -0.05) is 32.3 Å². The SMILES string of the molecule is CCCCCCOC[C@@H]1[C@H](COCCC=CC(=O)O)[C@@H]2CC[C@H]1O2. The van der Waals surface area contributed by atoms with Crippen LogP contribution in [0.15, 0.2) is 12.2 Å². The van der Waals surface area contributed by atoms with Crippen LogP contribution < -0.4 is 0 Å². The Labute approximate surface area is 145 Å². The molecule has 2 heterocycles. The van der Waals surface area contributed by atoms with E-state index in [2.05, 4.69) is 6.92 Å². The van der Waals surface area contributed by atoms with Crippen LogP contribution in [-0.4, -0.2) is 49.7 Å². The Morgan fingerprint density at radius 1 is 1.08 bits per heavy atom. The van der Waals surface area contributed by atoms with Gasteiger partial charge < -0.3 is 19.3 Å². The van der Waals surface area contributed by atoms with Crippen molar-refractivity contribution in [1.82, 2.24) is 0 Å². The van der Waals surface area contributed by atoms with E-state index in [9.17, 15) is 4.79 Å². The summed E-state index contributed by atoms with van der Waals surface area (Å²) in [5.41, 5.74) is 0. The molecular weight excluding hydrogens is 308 g/mol. The molecule has 24 heavy (non-hydrogen) atoms. The lowest BCUT2D eigenvalue weighted by molar-refractivity contribution is -0.131. The zero-order valence-electron chi connectivity index (χ0n) is 14.8. The molecule has 138 valence electrons. The number of rotatable bonds is 13. The van der Waals surface area contributed by atoms with E-state index < -0.39 is 5.97 Å². The van der Waals surface area contributed by atoms with Gasteiger partial charge in [0.05, 0.1) is 32.0 Å². The van der Waals surface area contributed by atoms with Gasteiger partial charge in [0.15, 0.2) is 0 Å². The van der Waals surface area contributed by atoms with E-state index in [0.29, 0.717) is 43.7 Å². The van der Waals surface area contributed by atoms with Gasteiger partial charge in [0, 0.05) is 24.5 Å². The number of ether oxygens (including phenoxy) is 3. The monoisotopic (exact) mass is 340 g/mol. The first-order valence-corrected chi connectivity index (χ1v) is 9.42. The quantitative estimate of drug-likeness (QED) is 0.411. The molecule has 0 aliphatic carbocycles. The van der Waals surface area contributed by atoms with Gasteiger partial charge in [-0.2, -0.15) is 0 Å². The normalized spacial score (nSPS) is 28.9. The highest BCUT2D eigenvalue weighted by atomic mass is 16.5. The smallest absolute Gasteiger partial charge is 0.327 e. The summed E-state index contributed by atoms with van der Waals surface area (Å²) in [5, 5.41) is 8.54. The second kappa shape index (κ2) is 10.9. The summed E-state index contributed by atoms with van der Waals surface area (Å²) in [6.07, 6.45) is 11.3. The number of fused-ring (bicyclic) bond motifs is 2. The molecule has 0 aromatic rings. The van der Waals surface area contributed by atoms with Crippen LogP contribution in [0.2, 0.25) is 0 Å². The highest BCUT2D eigenvalue weighted by Crippen LogP contribution is 2.43. The Morgan fingerprint density at radius 3 is 2.38 bits per heavy atom. The van der Waals surface area contributed by atoms with Crippen LogP contribution in [0.25, 0.3) is 0 Å². The van der Waals surface area contributed by atoms with Crippen LogP contribution in [0.4, 0.5) is 0 Å². The maximum Gasteiger partial charge on any atom is 0.327 e. The van der Waals surface area contributed by atoms with Crippen molar-refractivity contribution in [3.63, 3.8) is 0 Å². The van der Waals surface area contributed by atoms with Crippen molar-refractivity contribution in [2.75, 3.05) is 26.4 Å². The van der Waals surface area contributed by atoms with Crippen LogP contribution in [0.1, 0.15) is 51.9 Å². The Kier molecular flexibility index (Phi) is 8.78. The molecule has 0 aromatic carbocycles. The van der Waals surface area contributed by atoms with Gasteiger partial charge in [0.1, 0.15) is 0 Å². The van der Waals surface area contributed by atoms with E-state index in [1.54, 1.807) is 6.08 Å². The predicted molar refractivity (Wildman–Crippen MR) is 92.0 cm³/mol. The first-order valence-electron chi connectivity index (χ1n) is 9.42. The summed E-state index contributed by atoms with van der Waals surface area (Å²) < 4.78 is 17.7. The third-order valence-corrected chi connectivity index (χ3v) is 5.04. The molecule has 5 nitrogen and oxygen atoms in total. The van der Waals surface area contributed by atoms with E-state index in [4.69, 9.17) is 19.3 Å². The van der Waals surface area contributed by atoms with Gasteiger partial charge in [-0.25, -0.2) is 4.79 Å². The van der Waals surface area contributed by atoms with Crippen LogP contribution in [0.3, 0.4) is 0 Å². The third-order valence-electron chi connectivity index (χ3n) is 5.04. The Hall–Kier alpha value is -0.910. The van der Waals surface area contributed by atoms with Crippen molar-refractivity contribution in [3.8, 4) is 0 Å². The number of carboxylic acid groups (broad SMARTS) is 1. The number of aliphatic carboxylic acids is 1. The van der Waals surface area contributed by atoms with Crippen molar-refractivity contribution in [2.24, 2.45) is 11.8 Å². The predicted octanol–water partition coefficient (Wildman–Crippen LogP) is 3.42. The molecule has 2 aliphatic rings. The number of hydrogen-bond acceptors (Lipinski definition) is 4. The third kappa shape index (κ3) is 6.19. The fraction of sp³-hybridized carbons (Fsp3) is 0.842. The molecule has 0 radical (unpaired) electrons. The highest BCUT2D eigenvalue weighted by molar-refractivity contribution is 5.79. The Bertz CT molecular complexity index is 395. The van der Waals surface area contributed by atoms with Gasteiger partial charge in [-0.15, -0.1) is 0 Å². The lowest BCUT2D eigenvalue weighted by Gasteiger charge is -2.27. The summed E-state index contributed by atoms with van der Waals surface area (Å²) in [6, 6.07) is 0. The van der Waals surface area contributed by atoms with Crippen LogP contribution in [-0.2, 0) is 19.0 Å². The van der Waals surface area contributed by atoms with Crippen molar-refractivity contribution < 1.29 is 24.1 Å². The molecular formula is C19H32O5. The van der Waals surface area contributed by atoms with Crippen molar-refractivity contribution in [1.29, 1.82) is 0 Å². The minimum atomic E-state index is -0.910. The zero-order valence-corrected chi connectivity index (χ0v) is 14.8. The molecule has 2 bridgehead atoms. The Morgan fingerprint density at radius 2 is 1.75 bits per heavy atom. The topological polar surface area (TPSA) is 65.0 Å². The molecule has 1 N–H and O–H groups in total. The molecule has 0 amide bonds. The minimum Gasteiger partial charge on any atom is -0.478 e. The van der Waals surface area contributed by atoms with Crippen molar-refractivity contribution >= 4 is 5.97 Å². The first-order chi connectivity index (χ1) is 11.7. The maximum atomic E-state index is 10.4. The minimum absolute atomic E-state index is 0.318. The van der Waals surface area contributed by atoms with Gasteiger partial charge in [0.2, 0.25) is 0 Å². The van der Waals surface area contributed by atoms with Crippen LogP contribution in [0.5, 0.6) is 0 Å². The number of unbranched alkanes of at least 4 members (excludes halogenated alkanes) is 3. The molecule has 2 saturated heterocycles. The van der Waals surface area contributed by atoms with E-state index >= 15 is 0 Å². The van der Waals surface area contributed by atoms with E-state index in [1.165, 1.54) is 25.3 Å². The molecule has 2 rings (SSSR count). The number of carboxylic acids is 1. The molecule has 0 unspecified atom stereocenters. The number of hydrogen-bond donors (Lipinski definition) is 1. The van der Waals surface area contributed by atoms with Crippen LogP contribution in [0, 0.1) is 11.8 Å². The average molecular weight is 340 g/mol. The van der Waals surface area contributed by atoms with Crippen molar-refractivity contribution in [3.05, 3.63) is 12.2 Å². The summed E-state index contributed by atoms with van der Waals surface area (Å²) >= 11 is 0. The molecule has 0 spiro atoms. The van der Waals surface area contributed by atoms with Gasteiger partial charge >= 0.3 is 5.97 Å². The van der Waals surface area contributed by atoms with Crippen molar-refractivity contribution in [2.45, 2.75) is 64.1 Å². The summed E-state index contributed by atoms with van der Waals surface area (Å²) in [7, 11) is 0. The lowest BCUT2D eigenvalue weighted by Crippen LogP contribution is -2.34. The fourth-order valence-corrected chi connectivity index (χ4v) is 3.74. The summed E-state index contributed by atoms with van der Waals surface area (Å²) in [4.78, 5) is 10.4. The second-order valence-corrected chi connectivity index (χ2v) is 6.86. The Balaban J connectivity index is 1.63. The fourth-order valence-electron chi connectivity index (χ4n) is 3.74.